The third kappa shape index (κ3) is 2.63. The van der Waals surface area contributed by atoms with E-state index in [0.717, 1.165) is 16.7 Å². The Bertz CT molecular complexity index is 332. The van der Waals surface area contributed by atoms with E-state index < -0.39 is 5.97 Å². The molecule has 0 aliphatic rings. The van der Waals surface area contributed by atoms with Gasteiger partial charge in [0.25, 0.3) is 0 Å². The SMILES string of the molecule is Cc1cc(C)c(C)c(C(=O)O)c1.[Zn]. The standard InChI is InChI=1S/C10H12O2.Zn/c1-6-4-7(2)8(3)9(5-6)10(11)12;/h4-5H,1-3H3,(H,11,12);. The summed E-state index contributed by atoms with van der Waals surface area (Å²) >= 11 is 0. The second-order valence-corrected chi connectivity index (χ2v) is 3.06. The monoisotopic (exact) mass is 228 g/mol. The number of hydrogen-bond acceptors (Lipinski definition) is 1. The first-order chi connectivity index (χ1) is 5.52. The summed E-state index contributed by atoms with van der Waals surface area (Å²) in [6.07, 6.45) is 0. The first-order valence-electron chi connectivity index (χ1n) is 3.83. The van der Waals surface area contributed by atoms with Gasteiger partial charge in [0.2, 0.25) is 0 Å². The number of hydrogen-bond donors (Lipinski definition) is 1. The van der Waals surface area contributed by atoms with E-state index in [9.17, 15) is 4.79 Å². The maximum Gasteiger partial charge on any atom is 0.335 e. The number of rotatable bonds is 1. The zero-order valence-corrected chi connectivity index (χ0v) is 11.2. The van der Waals surface area contributed by atoms with Gasteiger partial charge in [-0.3, -0.25) is 0 Å². The molecule has 1 N–H and O–H groups in total. The third-order valence-electron chi connectivity index (χ3n) is 2.04. The molecular weight excluding hydrogens is 217 g/mol. The minimum absolute atomic E-state index is 0. The first-order valence-corrected chi connectivity index (χ1v) is 3.83. The van der Waals surface area contributed by atoms with Gasteiger partial charge >= 0.3 is 5.97 Å². The van der Waals surface area contributed by atoms with Crippen molar-refractivity contribution in [2.45, 2.75) is 20.8 Å². The molecule has 1 aromatic rings. The average Bonchev–Trinajstić information content (AvgIpc) is 1.96. The molecule has 1 rings (SSSR count). The summed E-state index contributed by atoms with van der Waals surface area (Å²) in [5.41, 5.74) is 3.29. The second kappa shape index (κ2) is 4.52. The quantitative estimate of drug-likeness (QED) is 0.751. The summed E-state index contributed by atoms with van der Waals surface area (Å²) in [4.78, 5) is 10.7. The number of aryl methyl sites for hydroxylation is 2. The van der Waals surface area contributed by atoms with Crippen LogP contribution >= 0.6 is 0 Å². The van der Waals surface area contributed by atoms with Gasteiger partial charge in [0.15, 0.2) is 0 Å². The fourth-order valence-electron chi connectivity index (χ4n) is 1.26. The van der Waals surface area contributed by atoms with Crippen LogP contribution in [0.4, 0.5) is 0 Å². The molecule has 66 valence electrons. The molecule has 0 aliphatic carbocycles. The Kier molecular flexibility index (Phi) is 4.28. The van der Waals surface area contributed by atoms with Gasteiger partial charge < -0.3 is 5.11 Å². The molecule has 1 aromatic carbocycles. The Morgan fingerprint density at radius 3 is 2.23 bits per heavy atom. The molecule has 3 heteroatoms. The summed E-state index contributed by atoms with van der Waals surface area (Å²) in [6, 6.07) is 3.69. The largest absolute Gasteiger partial charge is 0.478 e. The molecule has 0 bridgehead atoms. The van der Waals surface area contributed by atoms with E-state index in [-0.39, 0.29) is 19.5 Å². The zero-order valence-electron chi connectivity index (χ0n) is 8.22. The van der Waals surface area contributed by atoms with E-state index in [1.54, 1.807) is 6.07 Å². The number of aromatic carboxylic acids is 1. The molecule has 0 heterocycles. The van der Waals surface area contributed by atoms with E-state index in [2.05, 4.69) is 0 Å². The van der Waals surface area contributed by atoms with Crippen LogP contribution in [0.3, 0.4) is 0 Å². The predicted molar refractivity (Wildman–Crippen MR) is 47.6 cm³/mol. The van der Waals surface area contributed by atoms with E-state index in [1.165, 1.54) is 0 Å². The van der Waals surface area contributed by atoms with Gasteiger partial charge in [-0.15, -0.1) is 0 Å². The number of carbonyl (C=O) groups is 1. The van der Waals surface area contributed by atoms with Crippen LogP contribution in [0.5, 0.6) is 0 Å². The van der Waals surface area contributed by atoms with Crippen LogP contribution in [0.25, 0.3) is 0 Å². The predicted octanol–water partition coefficient (Wildman–Crippen LogP) is 2.31. The van der Waals surface area contributed by atoms with Crippen molar-refractivity contribution in [2.24, 2.45) is 0 Å². The normalized spacial score (nSPS) is 9.15. The van der Waals surface area contributed by atoms with Crippen LogP contribution in [0.15, 0.2) is 12.1 Å². The molecule has 0 amide bonds. The van der Waals surface area contributed by atoms with Gasteiger partial charge in [-0.2, -0.15) is 0 Å². The molecule has 0 atom stereocenters. The van der Waals surface area contributed by atoms with Crippen molar-refractivity contribution in [2.75, 3.05) is 0 Å². The summed E-state index contributed by atoms with van der Waals surface area (Å²) in [5, 5.41) is 8.81. The topological polar surface area (TPSA) is 37.3 Å². The molecule has 0 unspecified atom stereocenters. The van der Waals surface area contributed by atoms with Gasteiger partial charge in [-0.25, -0.2) is 4.79 Å². The van der Waals surface area contributed by atoms with E-state index >= 15 is 0 Å². The van der Waals surface area contributed by atoms with Gasteiger partial charge in [0, 0.05) is 19.5 Å². The summed E-state index contributed by atoms with van der Waals surface area (Å²) in [7, 11) is 0. The fourth-order valence-corrected chi connectivity index (χ4v) is 1.26. The van der Waals surface area contributed by atoms with Crippen LogP contribution in [-0.4, -0.2) is 11.1 Å². The van der Waals surface area contributed by atoms with Crippen molar-refractivity contribution in [1.82, 2.24) is 0 Å². The minimum atomic E-state index is -0.848. The van der Waals surface area contributed by atoms with Crippen molar-refractivity contribution in [3.63, 3.8) is 0 Å². The Balaban J connectivity index is 0.00000144. The van der Waals surface area contributed by atoms with E-state index in [4.69, 9.17) is 5.11 Å². The Labute approximate surface area is 90.7 Å². The number of carboxylic acids is 1. The first kappa shape index (κ1) is 12.3. The third-order valence-corrected chi connectivity index (χ3v) is 2.04. The van der Waals surface area contributed by atoms with Gasteiger partial charge in [-0.05, 0) is 43.5 Å². The molecular formula is C10H12O2Zn. The van der Waals surface area contributed by atoms with Gasteiger partial charge in [-0.1, -0.05) is 6.07 Å². The van der Waals surface area contributed by atoms with Crippen LogP contribution in [-0.2, 0) is 19.5 Å². The number of benzene rings is 1. The number of carboxylic acid groups (broad SMARTS) is 1. The van der Waals surface area contributed by atoms with Gasteiger partial charge in [0.05, 0.1) is 5.56 Å². The minimum Gasteiger partial charge on any atom is -0.478 e. The van der Waals surface area contributed by atoms with E-state index in [1.807, 2.05) is 26.8 Å². The van der Waals surface area contributed by atoms with Crippen molar-refractivity contribution < 1.29 is 29.4 Å². The van der Waals surface area contributed by atoms with E-state index in [0.29, 0.717) is 5.56 Å². The molecule has 0 saturated carbocycles. The molecule has 0 aromatic heterocycles. The summed E-state index contributed by atoms with van der Waals surface area (Å²) in [6.45, 7) is 5.66. The molecule has 0 radical (unpaired) electrons. The van der Waals surface area contributed by atoms with Crippen LogP contribution in [0, 0.1) is 20.8 Å². The Morgan fingerprint density at radius 2 is 1.77 bits per heavy atom. The molecule has 0 aliphatic heterocycles. The van der Waals surface area contributed by atoms with Crippen LogP contribution in [0.2, 0.25) is 0 Å². The summed E-state index contributed by atoms with van der Waals surface area (Å²) in [5.74, 6) is -0.848. The van der Waals surface area contributed by atoms with Crippen LogP contribution in [0.1, 0.15) is 27.0 Å². The second-order valence-electron chi connectivity index (χ2n) is 3.06. The van der Waals surface area contributed by atoms with Crippen molar-refractivity contribution >= 4 is 5.97 Å². The molecule has 0 fully saturated rings. The average molecular weight is 230 g/mol. The van der Waals surface area contributed by atoms with Crippen molar-refractivity contribution in [3.8, 4) is 0 Å². The van der Waals surface area contributed by atoms with Crippen molar-refractivity contribution in [3.05, 3.63) is 34.4 Å². The Hall–Kier alpha value is -0.687. The van der Waals surface area contributed by atoms with Gasteiger partial charge in [0.1, 0.15) is 0 Å². The fraction of sp³-hybridized carbons (Fsp3) is 0.300. The van der Waals surface area contributed by atoms with Crippen LogP contribution < -0.4 is 0 Å². The molecule has 0 saturated heterocycles. The molecule has 2 nitrogen and oxygen atoms in total. The maximum absolute atomic E-state index is 10.7. The van der Waals surface area contributed by atoms with Crippen molar-refractivity contribution in [1.29, 1.82) is 0 Å². The molecule has 0 spiro atoms. The Morgan fingerprint density at radius 1 is 1.23 bits per heavy atom. The molecule has 13 heavy (non-hydrogen) atoms. The smallest absolute Gasteiger partial charge is 0.335 e. The maximum atomic E-state index is 10.7. The zero-order chi connectivity index (χ0) is 9.30. The summed E-state index contributed by atoms with van der Waals surface area (Å²) < 4.78 is 0.